The highest BCUT2D eigenvalue weighted by atomic mass is 32.2. The average molecular weight is 227 g/mol. The van der Waals surface area contributed by atoms with Gasteiger partial charge in [-0.05, 0) is 17.7 Å². The van der Waals surface area contributed by atoms with Crippen LogP contribution in [0.2, 0.25) is 0 Å². The molecule has 0 bridgehead atoms. The lowest BCUT2D eigenvalue weighted by Crippen LogP contribution is -2.20. The fourth-order valence-corrected chi connectivity index (χ4v) is 1.55. The van der Waals surface area contributed by atoms with E-state index in [-0.39, 0.29) is 0 Å². The van der Waals surface area contributed by atoms with Gasteiger partial charge in [-0.15, -0.1) is 0 Å². The number of benzene rings is 1. The fourth-order valence-electron chi connectivity index (χ4n) is 0.933. The minimum Gasteiger partial charge on any atom is -0.399 e. The highest BCUT2D eigenvalue weighted by Crippen LogP contribution is 2.08. The molecule has 1 rings (SSSR count). The third-order valence-corrected chi connectivity index (χ3v) is 4.11. The van der Waals surface area contributed by atoms with Crippen molar-refractivity contribution in [1.29, 1.82) is 0 Å². The molecule has 0 fully saturated rings. The summed E-state index contributed by atoms with van der Waals surface area (Å²) in [5.41, 5.74) is 7.30. The van der Waals surface area contributed by atoms with E-state index in [9.17, 15) is 4.21 Å². The van der Waals surface area contributed by atoms with E-state index in [1.54, 1.807) is 24.7 Å². The monoisotopic (exact) mass is 227 g/mol. The Morgan fingerprint density at radius 3 is 2.33 bits per heavy atom. The van der Waals surface area contributed by atoms with Gasteiger partial charge in [0.05, 0.1) is 6.54 Å². The molecule has 0 heterocycles. The summed E-state index contributed by atoms with van der Waals surface area (Å²) in [5.74, 6) is 0. The summed E-state index contributed by atoms with van der Waals surface area (Å²) in [6.45, 7) is 0.452. The highest BCUT2D eigenvalue weighted by Gasteiger charge is 2.02. The van der Waals surface area contributed by atoms with Gasteiger partial charge in [0.1, 0.15) is 9.92 Å². The maximum Gasteiger partial charge on any atom is 0.107 e. The molecule has 1 unspecified atom stereocenters. The Labute approximate surface area is 91.4 Å². The van der Waals surface area contributed by atoms with E-state index in [2.05, 4.69) is 4.36 Å². The predicted octanol–water partition coefficient (Wildman–Crippen LogP) is 1.34. The molecule has 15 heavy (non-hydrogen) atoms. The van der Waals surface area contributed by atoms with Gasteiger partial charge >= 0.3 is 0 Å². The third kappa shape index (κ3) is 3.53. The first kappa shape index (κ1) is 12.0. The van der Waals surface area contributed by atoms with Gasteiger partial charge in [0.2, 0.25) is 0 Å². The van der Waals surface area contributed by atoms with Gasteiger partial charge in [0.15, 0.2) is 0 Å². The van der Waals surface area contributed by atoms with E-state index in [0.717, 1.165) is 11.3 Å². The molecule has 2 N–H and O–H groups in total. The first-order valence-corrected chi connectivity index (χ1v) is 6.49. The fraction of sp³-hybridized carbons (Fsp3) is 0.400. The van der Waals surface area contributed by atoms with Gasteiger partial charge in [-0.1, -0.05) is 12.1 Å². The van der Waals surface area contributed by atoms with Crippen LogP contribution in [0.1, 0.15) is 5.56 Å². The van der Waals surface area contributed by atoms with Crippen LogP contribution in [0.25, 0.3) is 0 Å². The Hall–Kier alpha value is -1.07. The Morgan fingerprint density at radius 2 is 1.87 bits per heavy atom. The third-order valence-electron chi connectivity index (χ3n) is 2.14. The lowest BCUT2D eigenvalue weighted by molar-refractivity contribution is 0.595. The highest BCUT2D eigenvalue weighted by molar-refractivity contribution is 7.90. The van der Waals surface area contributed by atoms with Crippen molar-refractivity contribution in [2.75, 3.05) is 26.1 Å². The topological polar surface area (TPSA) is 58.7 Å². The maximum atomic E-state index is 11.9. The van der Waals surface area contributed by atoms with Crippen molar-refractivity contribution in [2.24, 2.45) is 4.36 Å². The van der Waals surface area contributed by atoms with E-state index in [1.807, 2.05) is 24.3 Å². The summed E-state index contributed by atoms with van der Waals surface area (Å²) in [7, 11) is 1.29. The van der Waals surface area contributed by atoms with Crippen LogP contribution in [-0.4, -0.2) is 28.9 Å². The van der Waals surface area contributed by atoms with Gasteiger partial charge in [-0.2, -0.15) is 0 Å². The van der Waals surface area contributed by atoms with E-state index in [4.69, 9.17) is 5.73 Å². The second-order valence-electron chi connectivity index (χ2n) is 3.60. The minimum absolute atomic E-state index is 0.452. The van der Waals surface area contributed by atoms with Crippen LogP contribution in [0, 0.1) is 0 Å². The molecule has 0 aromatic heterocycles. The van der Waals surface area contributed by atoms with Gasteiger partial charge in [-0.25, -0.2) is 12.9 Å². The summed E-state index contributed by atoms with van der Waals surface area (Å²) >= 11 is 0. The van der Waals surface area contributed by atoms with Crippen molar-refractivity contribution in [1.82, 2.24) is 4.31 Å². The van der Waals surface area contributed by atoms with Crippen molar-refractivity contribution in [3.05, 3.63) is 29.8 Å². The summed E-state index contributed by atoms with van der Waals surface area (Å²) in [6, 6.07) is 7.42. The van der Waals surface area contributed by atoms with Crippen LogP contribution in [0.4, 0.5) is 5.69 Å². The lowest BCUT2D eigenvalue weighted by Gasteiger charge is -2.11. The smallest absolute Gasteiger partial charge is 0.107 e. The van der Waals surface area contributed by atoms with Crippen LogP contribution in [0.3, 0.4) is 0 Å². The summed E-state index contributed by atoms with van der Waals surface area (Å²) in [4.78, 5) is 0. The zero-order chi connectivity index (χ0) is 11.5. The molecule has 0 saturated heterocycles. The van der Waals surface area contributed by atoms with Crippen molar-refractivity contribution >= 4 is 15.6 Å². The molecular weight excluding hydrogens is 210 g/mol. The van der Waals surface area contributed by atoms with E-state index in [0.29, 0.717) is 6.54 Å². The number of nitrogens with zero attached hydrogens (tertiary/aromatic N) is 2. The molecule has 0 amide bonds. The van der Waals surface area contributed by atoms with Crippen LogP contribution >= 0.6 is 0 Å². The van der Waals surface area contributed by atoms with Crippen LogP contribution in [0.5, 0.6) is 0 Å². The Bertz CT molecular complexity index is 430. The summed E-state index contributed by atoms with van der Waals surface area (Å²) in [6.07, 6.45) is 1.63. The maximum absolute atomic E-state index is 11.9. The van der Waals surface area contributed by atoms with E-state index in [1.165, 1.54) is 0 Å². The second-order valence-corrected chi connectivity index (χ2v) is 6.12. The predicted molar refractivity (Wildman–Crippen MR) is 64.7 cm³/mol. The Morgan fingerprint density at radius 1 is 1.33 bits per heavy atom. The minimum atomic E-state index is -2.23. The second kappa shape index (κ2) is 4.63. The van der Waals surface area contributed by atoms with Gasteiger partial charge in [0.25, 0.3) is 0 Å². The standard InChI is InChI=1S/C10H17N3OS/c1-13(2)15(3,14)12-8-9-4-6-10(11)7-5-9/h4-7H,8,11H2,1-3H3. The molecule has 0 radical (unpaired) electrons. The molecule has 5 heteroatoms. The molecule has 0 aliphatic rings. The van der Waals surface area contributed by atoms with E-state index < -0.39 is 9.92 Å². The average Bonchev–Trinajstić information content (AvgIpc) is 2.17. The molecule has 84 valence electrons. The Kier molecular flexibility index (Phi) is 3.71. The zero-order valence-corrected chi connectivity index (χ0v) is 10.1. The van der Waals surface area contributed by atoms with Crippen molar-refractivity contribution in [3.8, 4) is 0 Å². The van der Waals surface area contributed by atoms with Crippen LogP contribution < -0.4 is 5.73 Å². The molecule has 0 spiro atoms. The van der Waals surface area contributed by atoms with Crippen LogP contribution in [-0.2, 0) is 16.5 Å². The van der Waals surface area contributed by atoms with Crippen molar-refractivity contribution in [2.45, 2.75) is 6.54 Å². The normalized spacial score (nSPS) is 14.9. The largest absolute Gasteiger partial charge is 0.399 e. The summed E-state index contributed by atoms with van der Waals surface area (Å²) in [5, 5.41) is 0. The van der Waals surface area contributed by atoms with Gasteiger partial charge < -0.3 is 5.73 Å². The molecule has 0 saturated carbocycles. The molecule has 1 aromatic rings. The van der Waals surface area contributed by atoms with E-state index >= 15 is 0 Å². The first-order chi connectivity index (χ1) is 6.92. The zero-order valence-electron chi connectivity index (χ0n) is 9.30. The number of anilines is 1. The van der Waals surface area contributed by atoms with Gasteiger partial charge in [0, 0.05) is 26.0 Å². The quantitative estimate of drug-likeness (QED) is 0.792. The number of rotatable bonds is 3. The SMILES string of the molecule is CN(C)S(C)(=O)=NCc1ccc(N)cc1. The van der Waals surface area contributed by atoms with Gasteiger partial charge in [-0.3, -0.25) is 0 Å². The molecule has 4 nitrogen and oxygen atoms in total. The number of hydrogen-bond acceptors (Lipinski definition) is 3. The molecular formula is C10H17N3OS. The Balaban J connectivity index is 2.81. The number of hydrogen-bond donors (Lipinski definition) is 1. The number of nitrogen functional groups attached to an aromatic ring is 1. The van der Waals surface area contributed by atoms with Crippen LogP contribution in [0.15, 0.2) is 28.6 Å². The molecule has 0 aliphatic heterocycles. The lowest BCUT2D eigenvalue weighted by atomic mass is 10.2. The number of nitrogens with two attached hydrogens (primary N) is 1. The first-order valence-electron chi connectivity index (χ1n) is 4.61. The molecule has 1 atom stereocenters. The van der Waals surface area contributed by atoms with Crippen molar-refractivity contribution < 1.29 is 4.21 Å². The molecule has 0 aliphatic carbocycles. The van der Waals surface area contributed by atoms with Crippen molar-refractivity contribution in [3.63, 3.8) is 0 Å². The summed E-state index contributed by atoms with van der Waals surface area (Å²) < 4.78 is 17.7. The molecule has 1 aromatic carbocycles.